The molecule has 0 saturated carbocycles. The molecule has 35 heavy (non-hydrogen) atoms. The Morgan fingerprint density at radius 1 is 0.971 bits per heavy atom. The van der Waals surface area contributed by atoms with Crippen molar-refractivity contribution < 1.29 is 28.9 Å². The molecule has 2 aromatic rings. The number of nitrogens with zero attached hydrogens (tertiary/aromatic N) is 1. The number of benzene rings is 2. The predicted molar refractivity (Wildman–Crippen MR) is 136 cm³/mol. The number of rotatable bonds is 11. The Bertz CT molecular complexity index is 938. The Morgan fingerprint density at radius 3 is 2.17 bits per heavy atom. The molecule has 0 aromatic heterocycles. The normalized spacial score (nSPS) is 12.5. The number of carbonyl (C=O) groups is 2. The van der Waals surface area contributed by atoms with E-state index < -0.39 is 23.5 Å². The summed E-state index contributed by atoms with van der Waals surface area (Å²) in [4.78, 5) is 26.0. The molecular weight excluding hydrogens is 448 g/mol. The minimum Gasteiger partial charge on any atom is -0.493 e. The van der Waals surface area contributed by atoms with Crippen LogP contribution in [-0.4, -0.2) is 53.2 Å². The average Bonchev–Trinajstić information content (AvgIpc) is 2.74. The summed E-state index contributed by atoms with van der Waals surface area (Å²) in [5.41, 5.74) is 5.89. The third-order valence-corrected chi connectivity index (χ3v) is 5.15. The van der Waals surface area contributed by atoms with Crippen LogP contribution in [-0.2, 0) is 15.9 Å². The van der Waals surface area contributed by atoms with Gasteiger partial charge in [-0.25, -0.2) is 9.59 Å². The quantitative estimate of drug-likeness (QED) is 0.314. The van der Waals surface area contributed by atoms with E-state index in [1.807, 2.05) is 75.4 Å². The number of para-hydroxylation sites is 1. The van der Waals surface area contributed by atoms with Crippen LogP contribution in [0.15, 0.2) is 54.6 Å². The maximum atomic E-state index is 13.1. The molecule has 8 heteroatoms. The highest BCUT2D eigenvalue weighted by atomic mass is 16.7. The molecule has 2 aromatic carbocycles. The van der Waals surface area contributed by atoms with E-state index in [0.717, 1.165) is 5.56 Å². The van der Waals surface area contributed by atoms with Crippen LogP contribution >= 0.6 is 0 Å². The Balaban J connectivity index is 2.21. The molecule has 0 aliphatic heterocycles. The van der Waals surface area contributed by atoms with Gasteiger partial charge in [-0.15, -0.1) is 0 Å². The predicted octanol–water partition coefficient (Wildman–Crippen LogP) is 5.61. The van der Waals surface area contributed by atoms with E-state index in [1.165, 1.54) is 0 Å². The van der Waals surface area contributed by atoms with Gasteiger partial charge in [-0.05, 0) is 77.3 Å². The third kappa shape index (κ3) is 11.0. The minimum absolute atomic E-state index is 0.219. The van der Waals surface area contributed by atoms with Crippen LogP contribution in [0, 0.1) is 5.92 Å². The zero-order valence-corrected chi connectivity index (χ0v) is 21.3. The Morgan fingerprint density at radius 2 is 1.60 bits per heavy atom. The van der Waals surface area contributed by atoms with Crippen molar-refractivity contribution in [2.75, 3.05) is 25.4 Å². The summed E-state index contributed by atoms with van der Waals surface area (Å²) in [5.74, 6) is 0.476. The second-order valence-corrected chi connectivity index (χ2v) is 10.2. The lowest BCUT2D eigenvalue weighted by Crippen LogP contribution is -2.43. The van der Waals surface area contributed by atoms with Crippen molar-refractivity contribution >= 4 is 17.9 Å². The van der Waals surface area contributed by atoms with Crippen molar-refractivity contribution in [3.63, 3.8) is 0 Å². The number of ether oxygens (including phenoxy) is 3. The van der Waals surface area contributed by atoms with Crippen molar-refractivity contribution in [3.05, 3.63) is 60.2 Å². The summed E-state index contributed by atoms with van der Waals surface area (Å²) in [6, 6.07) is 16.9. The number of carbonyl (C=O) groups excluding carboxylic acids is 1. The zero-order valence-electron chi connectivity index (χ0n) is 21.3. The molecule has 0 fully saturated rings. The van der Waals surface area contributed by atoms with Gasteiger partial charge in [-0.1, -0.05) is 30.3 Å². The smallest absolute Gasteiger partial charge is 0.493 e. The summed E-state index contributed by atoms with van der Waals surface area (Å²) in [5, 5.41) is 9.15. The van der Waals surface area contributed by atoms with Crippen molar-refractivity contribution in [3.8, 4) is 5.75 Å². The first-order valence-electron chi connectivity index (χ1n) is 11.7. The van der Waals surface area contributed by atoms with Gasteiger partial charge in [0.1, 0.15) is 17.0 Å². The van der Waals surface area contributed by atoms with Gasteiger partial charge in [0.05, 0.1) is 6.61 Å². The van der Waals surface area contributed by atoms with Gasteiger partial charge in [0.25, 0.3) is 0 Å². The maximum absolute atomic E-state index is 13.1. The van der Waals surface area contributed by atoms with Gasteiger partial charge < -0.3 is 30.0 Å². The van der Waals surface area contributed by atoms with Crippen LogP contribution in [0.25, 0.3) is 0 Å². The fourth-order valence-electron chi connectivity index (χ4n) is 3.72. The van der Waals surface area contributed by atoms with Gasteiger partial charge in [0.15, 0.2) is 0 Å². The molecule has 0 heterocycles. The van der Waals surface area contributed by atoms with Crippen LogP contribution in [0.1, 0.15) is 46.6 Å². The molecule has 3 N–H and O–H groups in total. The van der Waals surface area contributed by atoms with E-state index in [4.69, 9.17) is 25.1 Å². The van der Waals surface area contributed by atoms with Crippen molar-refractivity contribution in [1.29, 1.82) is 0 Å². The second-order valence-electron chi connectivity index (χ2n) is 10.2. The number of hydrogen-bond donors (Lipinski definition) is 2. The number of carboxylic acid groups (broad SMARTS) is 1. The minimum atomic E-state index is -1.34. The molecular formula is C27H38N2O6. The lowest BCUT2D eigenvalue weighted by Gasteiger charge is -2.33. The van der Waals surface area contributed by atoms with Crippen LogP contribution in [0.5, 0.6) is 5.75 Å². The zero-order chi connectivity index (χ0) is 26.1. The summed E-state index contributed by atoms with van der Waals surface area (Å²) < 4.78 is 16.7. The van der Waals surface area contributed by atoms with Gasteiger partial charge in [-0.3, -0.25) is 0 Å². The largest absolute Gasteiger partial charge is 0.506 e. The topological polar surface area (TPSA) is 111 Å². The van der Waals surface area contributed by atoms with Crippen LogP contribution in [0.2, 0.25) is 0 Å². The van der Waals surface area contributed by atoms with Crippen molar-refractivity contribution in [2.45, 2.75) is 58.7 Å². The second kappa shape index (κ2) is 12.3. The molecule has 1 amide bonds. The fraction of sp³-hybridized carbons (Fsp3) is 0.481. The molecule has 0 bridgehead atoms. The Labute approximate surface area is 208 Å². The molecule has 0 saturated heterocycles. The van der Waals surface area contributed by atoms with Gasteiger partial charge in [0, 0.05) is 24.7 Å². The Hall–Kier alpha value is -3.42. The average molecular weight is 487 g/mol. The number of hydrogen-bond acceptors (Lipinski definition) is 6. The van der Waals surface area contributed by atoms with Crippen molar-refractivity contribution in [2.24, 2.45) is 5.92 Å². The first-order chi connectivity index (χ1) is 16.3. The molecule has 2 rings (SSSR count). The number of nitrogen functional groups attached to an aromatic ring is 1. The molecule has 0 radical (unpaired) electrons. The molecule has 0 spiro atoms. The molecule has 8 nitrogen and oxygen atoms in total. The van der Waals surface area contributed by atoms with E-state index in [9.17, 15) is 9.59 Å². The monoisotopic (exact) mass is 486 g/mol. The van der Waals surface area contributed by atoms with E-state index in [1.54, 1.807) is 18.7 Å². The van der Waals surface area contributed by atoms with Crippen LogP contribution in [0.4, 0.5) is 15.3 Å². The molecule has 1 atom stereocenters. The standard InChI is InChI=1S/C27H38N2O6/c1-26(2,3)34-24(30)29(16-15-20-11-13-22(28)14-12-20)18-21(17-27(4,5)35-25(31)32)19-33-23-9-7-6-8-10-23/h6-14,21H,15-19,28H2,1-5H3,(H,31,32)/t21-/m0/s1. The number of nitrogens with two attached hydrogens (primary N) is 1. The lowest BCUT2D eigenvalue weighted by atomic mass is 9.93. The maximum Gasteiger partial charge on any atom is 0.506 e. The highest BCUT2D eigenvalue weighted by Crippen LogP contribution is 2.24. The fourth-order valence-corrected chi connectivity index (χ4v) is 3.72. The molecule has 192 valence electrons. The highest BCUT2D eigenvalue weighted by molar-refractivity contribution is 5.68. The summed E-state index contributed by atoms with van der Waals surface area (Å²) in [7, 11) is 0. The van der Waals surface area contributed by atoms with Crippen LogP contribution < -0.4 is 10.5 Å². The summed E-state index contributed by atoms with van der Waals surface area (Å²) >= 11 is 0. The molecule has 0 aliphatic rings. The third-order valence-electron chi connectivity index (χ3n) is 5.15. The number of amides is 1. The summed E-state index contributed by atoms with van der Waals surface area (Å²) in [6.07, 6.45) is -0.812. The van der Waals surface area contributed by atoms with E-state index in [0.29, 0.717) is 37.4 Å². The molecule has 0 aliphatic carbocycles. The SMILES string of the molecule is CC(C)(C)OC(=O)N(CCc1ccc(N)cc1)C[C@@H](COc1ccccc1)CC(C)(C)OC(=O)O. The van der Waals surface area contributed by atoms with E-state index in [2.05, 4.69) is 0 Å². The summed E-state index contributed by atoms with van der Waals surface area (Å²) in [6.45, 7) is 9.89. The van der Waals surface area contributed by atoms with Gasteiger partial charge in [0.2, 0.25) is 0 Å². The lowest BCUT2D eigenvalue weighted by molar-refractivity contribution is -0.0208. The molecule has 0 unspecified atom stereocenters. The Kier molecular flexibility index (Phi) is 9.80. The highest BCUT2D eigenvalue weighted by Gasteiger charge is 2.31. The van der Waals surface area contributed by atoms with Crippen LogP contribution in [0.3, 0.4) is 0 Å². The number of anilines is 1. The first kappa shape index (κ1) is 27.8. The van der Waals surface area contributed by atoms with Gasteiger partial charge in [-0.2, -0.15) is 0 Å². The van der Waals surface area contributed by atoms with E-state index in [-0.39, 0.29) is 12.5 Å². The van der Waals surface area contributed by atoms with E-state index >= 15 is 0 Å². The van der Waals surface area contributed by atoms with Gasteiger partial charge >= 0.3 is 12.2 Å². The first-order valence-corrected chi connectivity index (χ1v) is 11.7. The van der Waals surface area contributed by atoms with Crippen molar-refractivity contribution in [1.82, 2.24) is 4.90 Å².